The van der Waals surface area contributed by atoms with Crippen LogP contribution in [0.25, 0.3) is 10.4 Å². The number of amides is 2. The number of rotatable bonds is 5. The van der Waals surface area contributed by atoms with Gasteiger partial charge in [-0.2, -0.15) is 0 Å². The Bertz CT molecular complexity index is 1540. The number of pyridine rings is 1. The minimum atomic E-state index is -0.280. The number of para-hydroxylation sites is 1. The van der Waals surface area contributed by atoms with Gasteiger partial charge in [-0.1, -0.05) is 30.3 Å². The number of hydrogen-bond acceptors (Lipinski definition) is 7. The molecule has 2 aromatic carbocycles. The molecule has 2 aliphatic rings. The quantitative estimate of drug-likeness (QED) is 0.240. The number of hydrogen-bond donors (Lipinski definition) is 3. The van der Waals surface area contributed by atoms with Crippen molar-refractivity contribution in [3.05, 3.63) is 89.4 Å². The predicted octanol–water partition coefficient (Wildman–Crippen LogP) is 5.18. The van der Waals surface area contributed by atoms with Gasteiger partial charge in [0.05, 0.1) is 23.2 Å². The number of nitrogens with zero attached hydrogens (tertiary/aromatic N) is 3. The number of fused-ring (bicyclic) bond motifs is 2. The first-order valence-electron chi connectivity index (χ1n) is 12.8. The molecule has 9 heteroatoms. The lowest BCUT2D eigenvalue weighted by Gasteiger charge is -2.40. The Kier molecular flexibility index (Phi) is 6.36. The van der Waals surface area contributed by atoms with Gasteiger partial charge in [-0.05, 0) is 65.7 Å². The highest BCUT2D eigenvalue weighted by molar-refractivity contribution is 7.13. The molecule has 2 aromatic heterocycles. The highest BCUT2D eigenvalue weighted by Gasteiger charge is 2.46. The van der Waals surface area contributed by atoms with E-state index in [-0.39, 0.29) is 17.2 Å². The molecule has 8 nitrogen and oxygen atoms in total. The highest BCUT2D eigenvalue weighted by atomic mass is 32.1. The molecule has 2 aliphatic heterocycles. The molecular formula is C30H28N6O2S. The van der Waals surface area contributed by atoms with Gasteiger partial charge in [-0.3, -0.25) is 9.59 Å². The molecule has 6 rings (SSSR count). The third-order valence-corrected chi connectivity index (χ3v) is 8.70. The first kappa shape index (κ1) is 24.8. The van der Waals surface area contributed by atoms with Crippen molar-refractivity contribution in [3.63, 3.8) is 0 Å². The average molecular weight is 537 g/mol. The minimum absolute atomic E-state index is 0.122. The van der Waals surface area contributed by atoms with Crippen molar-refractivity contribution in [3.8, 4) is 10.4 Å². The summed E-state index contributed by atoms with van der Waals surface area (Å²) in [5.41, 5.74) is 10.6. The number of nitrogen functional groups attached to an aromatic ring is 1. The normalized spacial score (nSPS) is 15.7. The van der Waals surface area contributed by atoms with Crippen molar-refractivity contribution < 1.29 is 9.59 Å². The molecule has 1 fully saturated rings. The Hall–Kier alpha value is -4.50. The lowest BCUT2D eigenvalue weighted by Crippen LogP contribution is -2.46. The number of piperidine rings is 1. The molecule has 0 radical (unpaired) electrons. The van der Waals surface area contributed by atoms with Crippen LogP contribution in [0, 0.1) is 5.41 Å². The summed E-state index contributed by atoms with van der Waals surface area (Å²) in [6.45, 7) is 2.16. The van der Waals surface area contributed by atoms with Gasteiger partial charge in [0.15, 0.2) is 0 Å². The molecular weight excluding hydrogens is 508 g/mol. The van der Waals surface area contributed by atoms with Crippen LogP contribution in [0.2, 0.25) is 0 Å². The Morgan fingerprint density at radius 3 is 2.59 bits per heavy atom. The Morgan fingerprint density at radius 1 is 1.05 bits per heavy atom. The SMILES string of the molecule is N=CC(=O)N1CC2(CCN(c3ccc(C(=O)Nc4cc(-c5cccs5)ccc4N)cn3)CC2)c2ccccc21. The van der Waals surface area contributed by atoms with Crippen molar-refractivity contribution in [2.24, 2.45) is 0 Å². The van der Waals surface area contributed by atoms with Crippen LogP contribution >= 0.6 is 11.3 Å². The second-order valence-electron chi connectivity index (χ2n) is 9.99. The van der Waals surface area contributed by atoms with Crippen molar-refractivity contribution in [2.75, 3.05) is 40.5 Å². The molecule has 196 valence electrons. The molecule has 0 aliphatic carbocycles. The van der Waals surface area contributed by atoms with Crippen LogP contribution in [0.3, 0.4) is 0 Å². The smallest absolute Gasteiger partial charge is 0.268 e. The molecule has 0 unspecified atom stereocenters. The van der Waals surface area contributed by atoms with Crippen LogP contribution in [0.5, 0.6) is 0 Å². The largest absolute Gasteiger partial charge is 0.397 e. The second kappa shape index (κ2) is 9.99. The van der Waals surface area contributed by atoms with Gasteiger partial charge in [-0.15, -0.1) is 11.3 Å². The summed E-state index contributed by atoms with van der Waals surface area (Å²) in [5.74, 6) is 0.275. The van der Waals surface area contributed by atoms with Crippen LogP contribution in [-0.2, 0) is 10.2 Å². The number of benzene rings is 2. The zero-order valence-corrected chi connectivity index (χ0v) is 22.1. The number of nitrogens with two attached hydrogens (primary N) is 1. The lowest BCUT2D eigenvalue weighted by molar-refractivity contribution is -0.112. The third-order valence-electron chi connectivity index (χ3n) is 7.78. The number of carbonyl (C=O) groups is 2. The molecule has 0 atom stereocenters. The number of thiophene rings is 1. The summed E-state index contributed by atoms with van der Waals surface area (Å²) in [4.78, 5) is 35.0. The van der Waals surface area contributed by atoms with E-state index < -0.39 is 0 Å². The van der Waals surface area contributed by atoms with E-state index in [1.165, 1.54) is 5.56 Å². The molecule has 2 amide bonds. The van der Waals surface area contributed by atoms with E-state index in [9.17, 15) is 9.59 Å². The van der Waals surface area contributed by atoms with Gasteiger partial charge in [0.25, 0.3) is 11.8 Å². The predicted molar refractivity (Wildman–Crippen MR) is 157 cm³/mol. The van der Waals surface area contributed by atoms with Gasteiger partial charge < -0.3 is 26.3 Å². The van der Waals surface area contributed by atoms with E-state index in [2.05, 4.69) is 21.3 Å². The van der Waals surface area contributed by atoms with Crippen LogP contribution in [0.1, 0.15) is 28.8 Å². The van der Waals surface area contributed by atoms with Crippen LogP contribution in [-0.4, -0.2) is 42.6 Å². The molecule has 0 saturated carbocycles. The summed E-state index contributed by atoms with van der Waals surface area (Å²) < 4.78 is 0. The fourth-order valence-corrected chi connectivity index (χ4v) is 6.38. The topological polar surface area (TPSA) is 115 Å². The Balaban J connectivity index is 1.13. The fraction of sp³-hybridized carbons (Fsp3) is 0.200. The summed E-state index contributed by atoms with van der Waals surface area (Å²) in [6.07, 6.45) is 4.23. The fourth-order valence-electron chi connectivity index (χ4n) is 5.66. The van der Waals surface area contributed by atoms with E-state index in [0.717, 1.165) is 54.1 Å². The number of anilines is 4. The summed E-state index contributed by atoms with van der Waals surface area (Å²) >= 11 is 1.63. The molecule has 4 heterocycles. The van der Waals surface area contributed by atoms with E-state index in [0.29, 0.717) is 23.5 Å². The van der Waals surface area contributed by atoms with Gasteiger partial charge in [-0.25, -0.2) is 4.98 Å². The van der Waals surface area contributed by atoms with Crippen molar-refractivity contribution in [1.29, 1.82) is 5.41 Å². The molecule has 0 bridgehead atoms. The van der Waals surface area contributed by atoms with Gasteiger partial charge in [0.1, 0.15) is 5.82 Å². The first-order valence-corrected chi connectivity index (χ1v) is 13.7. The van der Waals surface area contributed by atoms with Crippen molar-refractivity contribution in [2.45, 2.75) is 18.3 Å². The molecule has 39 heavy (non-hydrogen) atoms. The zero-order chi connectivity index (χ0) is 27.0. The van der Waals surface area contributed by atoms with E-state index in [4.69, 9.17) is 11.1 Å². The standard InChI is InChI=1S/C30H28N6O2S/c31-17-28(37)36-19-30(22-4-1-2-5-25(22)36)11-13-35(14-12-30)27-10-8-21(18-33-27)29(38)34-24-16-20(7-9-23(24)32)26-6-3-15-39-26/h1-10,15-18,31H,11-14,19,32H2,(H,34,38). The van der Waals surface area contributed by atoms with Crippen molar-refractivity contribution in [1.82, 2.24) is 4.98 Å². The van der Waals surface area contributed by atoms with E-state index in [1.807, 2.05) is 53.9 Å². The lowest BCUT2D eigenvalue weighted by atomic mass is 9.74. The summed E-state index contributed by atoms with van der Waals surface area (Å²) in [6, 6.07) is 21.4. The number of carbonyl (C=O) groups excluding carboxylic acids is 2. The number of nitrogens with one attached hydrogen (secondary N) is 2. The average Bonchev–Trinajstić information content (AvgIpc) is 3.62. The highest BCUT2D eigenvalue weighted by Crippen LogP contribution is 2.47. The van der Waals surface area contributed by atoms with E-state index >= 15 is 0 Å². The van der Waals surface area contributed by atoms with Gasteiger partial charge >= 0.3 is 0 Å². The summed E-state index contributed by atoms with van der Waals surface area (Å²) in [7, 11) is 0. The Labute approximate surface area is 230 Å². The van der Waals surface area contributed by atoms with E-state index in [1.54, 1.807) is 34.6 Å². The van der Waals surface area contributed by atoms with Gasteiger partial charge in [0, 0.05) is 41.8 Å². The monoisotopic (exact) mass is 536 g/mol. The molecule has 4 N–H and O–H groups in total. The second-order valence-corrected chi connectivity index (χ2v) is 10.9. The maximum Gasteiger partial charge on any atom is 0.268 e. The molecule has 1 spiro atoms. The molecule has 1 saturated heterocycles. The van der Waals surface area contributed by atoms with Gasteiger partial charge in [0.2, 0.25) is 0 Å². The maximum atomic E-state index is 13.0. The summed E-state index contributed by atoms with van der Waals surface area (Å²) in [5, 5.41) is 12.4. The zero-order valence-electron chi connectivity index (χ0n) is 21.3. The van der Waals surface area contributed by atoms with Crippen LogP contribution < -0.4 is 20.9 Å². The first-order chi connectivity index (χ1) is 19.0. The van der Waals surface area contributed by atoms with Crippen LogP contribution in [0.4, 0.5) is 22.9 Å². The molecule has 4 aromatic rings. The Morgan fingerprint density at radius 2 is 1.87 bits per heavy atom. The van der Waals surface area contributed by atoms with Crippen LogP contribution in [0.15, 0.2) is 78.3 Å². The van der Waals surface area contributed by atoms with Crippen molar-refractivity contribution >= 4 is 52.2 Å². The minimum Gasteiger partial charge on any atom is -0.397 e. The maximum absolute atomic E-state index is 13.0. The third kappa shape index (κ3) is 4.55. The number of aromatic nitrogens is 1.